The summed E-state index contributed by atoms with van der Waals surface area (Å²) in [7, 11) is 0. The summed E-state index contributed by atoms with van der Waals surface area (Å²) < 4.78 is 3.58. The smallest absolute Gasteiger partial charge is 0.277 e. The third kappa shape index (κ3) is 3.71. The van der Waals surface area contributed by atoms with Crippen LogP contribution in [0.4, 0.5) is 5.82 Å². The van der Waals surface area contributed by atoms with E-state index < -0.39 is 0 Å². The Morgan fingerprint density at radius 2 is 1.88 bits per heavy atom. The van der Waals surface area contributed by atoms with Crippen LogP contribution in [-0.2, 0) is 13.1 Å². The molecule has 1 N–H and O–H groups in total. The SMILES string of the molecule is CCCn1ccc(C(=O)Nc2ccn(Cc3ccccc3C)n2)n1. The molecule has 0 fully saturated rings. The van der Waals surface area contributed by atoms with E-state index in [0.717, 1.165) is 13.0 Å². The third-order valence-corrected chi connectivity index (χ3v) is 3.80. The lowest BCUT2D eigenvalue weighted by atomic mass is 10.1. The molecule has 0 aliphatic heterocycles. The summed E-state index contributed by atoms with van der Waals surface area (Å²) in [6.45, 7) is 5.63. The molecule has 2 aromatic heterocycles. The zero-order chi connectivity index (χ0) is 16.9. The highest BCUT2D eigenvalue weighted by molar-refractivity contribution is 6.02. The van der Waals surface area contributed by atoms with Crippen molar-refractivity contribution in [3.8, 4) is 0 Å². The largest absolute Gasteiger partial charge is 0.304 e. The van der Waals surface area contributed by atoms with Crippen LogP contribution in [0.25, 0.3) is 0 Å². The Bertz CT molecular complexity index is 833. The van der Waals surface area contributed by atoms with Crippen LogP contribution in [0, 0.1) is 6.92 Å². The van der Waals surface area contributed by atoms with Gasteiger partial charge < -0.3 is 5.32 Å². The minimum atomic E-state index is -0.244. The first kappa shape index (κ1) is 16.0. The van der Waals surface area contributed by atoms with Gasteiger partial charge in [-0.2, -0.15) is 10.2 Å². The van der Waals surface area contributed by atoms with Crippen LogP contribution in [-0.4, -0.2) is 25.5 Å². The second kappa shape index (κ2) is 7.12. The number of carbonyl (C=O) groups is 1. The van der Waals surface area contributed by atoms with Crippen LogP contribution in [0.15, 0.2) is 48.8 Å². The van der Waals surface area contributed by atoms with Gasteiger partial charge in [0.25, 0.3) is 5.91 Å². The molecular weight excluding hydrogens is 302 g/mol. The molecule has 24 heavy (non-hydrogen) atoms. The molecule has 1 amide bonds. The fourth-order valence-electron chi connectivity index (χ4n) is 2.50. The second-order valence-electron chi connectivity index (χ2n) is 5.74. The average Bonchev–Trinajstić information content (AvgIpc) is 3.20. The Morgan fingerprint density at radius 1 is 1.08 bits per heavy atom. The molecule has 0 spiro atoms. The molecule has 0 radical (unpaired) electrons. The maximum absolute atomic E-state index is 12.2. The van der Waals surface area contributed by atoms with Crippen LogP contribution >= 0.6 is 0 Å². The molecule has 0 saturated heterocycles. The van der Waals surface area contributed by atoms with E-state index in [9.17, 15) is 4.79 Å². The first-order valence-electron chi connectivity index (χ1n) is 8.08. The maximum atomic E-state index is 12.2. The molecule has 124 valence electrons. The van der Waals surface area contributed by atoms with E-state index in [4.69, 9.17) is 0 Å². The Labute approximate surface area is 141 Å². The summed E-state index contributed by atoms with van der Waals surface area (Å²) in [6, 6.07) is 11.7. The quantitative estimate of drug-likeness (QED) is 0.758. The Balaban J connectivity index is 1.65. The number of carbonyl (C=O) groups excluding carboxylic acids is 1. The highest BCUT2D eigenvalue weighted by Gasteiger charge is 2.11. The summed E-state index contributed by atoms with van der Waals surface area (Å²) in [5.74, 6) is 0.282. The van der Waals surface area contributed by atoms with Gasteiger partial charge in [-0.25, -0.2) is 0 Å². The minimum Gasteiger partial charge on any atom is -0.304 e. The number of amides is 1. The minimum absolute atomic E-state index is 0.244. The zero-order valence-corrected chi connectivity index (χ0v) is 13.9. The third-order valence-electron chi connectivity index (χ3n) is 3.80. The molecule has 0 atom stereocenters. The first-order valence-corrected chi connectivity index (χ1v) is 8.08. The molecule has 3 aromatic rings. The molecule has 1 aromatic carbocycles. The van der Waals surface area contributed by atoms with Crippen LogP contribution in [0.5, 0.6) is 0 Å². The average molecular weight is 323 g/mol. The van der Waals surface area contributed by atoms with E-state index >= 15 is 0 Å². The molecule has 0 unspecified atom stereocenters. The molecule has 2 heterocycles. The number of benzene rings is 1. The van der Waals surface area contributed by atoms with Crippen molar-refractivity contribution in [2.24, 2.45) is 0 Å². The highest BCUT2D eigenvalue weighted by Crippen LogP contribution is 2.11. The van der Waals surface area contributed by atoms with Gasteiger partial charge in [0, 0.05) is 25.0 Å². The van der Waals surface area contributed by atoms with Crippen LogP contribution in [0.1, 0.15) is 35.0 Å². The monoisotopic (exact) mass is 323 g/mol. The number of nitrogens with one attached hydrogen (secondary N) is 1. The van der Waals surface area contributed by atoms with Crippen molar-refractivity contribution in [3.05, 3.63) is 65.6 Å². The Kier molecular flexibility index (Phi) is 4.74. The molecule has 6 nitrogen and oxygen atoms in total. The van der Waals surface area contributed by atoms with Crippen molar-refractivity contribution in [1.82, 2.24) is 19.6 Å². The zero-order valence-electron chi connectivity index (χ0n) is 13.9. The van der Waals surface area contributed by atoms with Crippen molar-refractivity contribution in [3.63, 3.8) is 0 Å². The van der Waals surface area contributed by atoms with Gasteiger partial charge in [0.1, 0.15) is 0 Å². The first-order chi connectivity index (χ1) is 11.7. The molecule has 0 aliphatic carbocycles. The fourth-order valence-corrected chi connectivity index (χ4v) is 2.50. The van der Waals surface area contributed by atoms with Crippen molar-refractivity contribution in [2.75, 3.05) is 5.32 Å². The van der Waals surface area contributed by atoms with E-state index in [0.29, 0.717) is 18.1 Å². The Hall–Kier alpha value is -2.89. The number of aromatic nitrogens is 4. The van der Waals surface area contributed by atoms with Crippen LogP contribution in [0.3, 0.4) is 0 Å². The van der Waals surface area contributed by atoms with Crippen molar-refractivity contribution in [2.45, 2.75) is 33.4 Å². The lowest BCUT2D eigenvalue weighted by Crippen LogP contribution is -2.14. The van der Waals surface area contributed by atoms with Gasteiger partial charge in [0.2, 0.25) is 0 Å². The van der Waals surface area contributed by atoms with Gasteiger partial charge in [-0.05, 0) is 30.5 Å². The van der Waals surface area contributed by atoms with E-state index in [1.807, 2.05) is 29.2 Å². The number of rotatable bonds is 6. The lowest BCUT2D eigenvalue weighted by molar-refractivity contribution is 0.102. The molecular formula is C18H21N5O. The van der Waals surface area contributed by atoms with Gasteiger partial charge >= 0.3 is 0 Å². The van der Waals surface area contributed by atoms with Gasteiger partial charge in [-0.3, -0.25) is 14.2 Å². The number of nitrogens with zero attached hydrogens (tertiary/aromatic N) is 4. The summed E-state index contributed by atoms with van der Waals surface area (Å²) in [5.41, 5.74) is 2.83. The summed E-state index contributed by atoms with van der Waals surface area (Å²) >= 11 is 0. The summed E-state index contributed by atoms with van der Waals surface area (Å²) in [4.78, 5) is 12.2. The number of aryl methyl sites for hydroxylation is 2. The van der Waals surface area contributed by atoms with Crippen LogP contribution < -0.4 is 5.32 Å². The van der Waals surface area contributed by atoms with Gasteiger partial charge in [-0.1, -0.05) is 31.2 Å². The topological polar surface area (TPSA) is 64.7 Å². The normalized spacial score (nSPS) is 10.8. The number of hydrogen-bond donors (Lipinski definition) is 1. The van der Waals surface area contributed by atoms with E-state index in [-0.39, 0.29) is 5.91 Å². The van der Waals surface area contributed by atoms with E-state index in [1.54, 1.807) is 16.8 Å². The maximum Gasteiger partial charge on any atom is 0.277 e. The summed E-state index contributed by atoms with van der Waals surface area (Å²) in [5, 5.41) is 11.4. The number of anilines is 1. The van der Waals surface area contributed by atoms with Crippen molar-refractivity contribution < 1.29 is 4.79 Å². The van der Waals surface area contributed by atoms with Crippen molar-refractivity contribution >= 4 is 11.7 Å². The van der Waals surface area contributed by atoms with Crippen molar-refractivity contribution in [1.29, 1.82) is 0 Å². The van der Waals surface area contributed by atoms with Crippen LogP contribution in [0.2, 0.25) is 0 Å². The number of hydrogen-bond acceptors (Lipinski definition) is 3. The molecule has 0 saturated carbocycles. The summed E-state index contributed by atoms with van der Waals surface area (Å²) in [6.07, 6.45) is 4.65. The fraction of sp³-hybridized carbons (Fsp3) is 0.278. The van der Waals surface area contributed by atoms with Gasteiger partial charge in [0.05, 0.1) is 6.54 Å². The standard InChI is InChI=1S/C18H21N5O/c1-3-10-22-11-8-16(20-22)18(24)19-17-9-12-23(21-17)13-15-7-5-4-6-14(15)2/h4-9,11-12H,3,10,13H2,1-2H3,(H,19,21,24). The molecule has 0 aliphatic rings. The Morgan fingerprint density at radius 3 is 2.67 bits per heavy atom. The predicted molar refractivity (Wildman–Crippen MR) is 93.0 cm³/mol. The van der Waals surface area contributed by atoms with E-state index in [2.05, 4.69) is 41.5 Å². The predicted octanol–water partition coefficient (Wildman–Crippen LogP) is 3.10. The lowest BCUT2D eigenvalue weighted by Gasteiger charge is -2.05. The van der Waals surface area contributed by atoms with Gasteiger partial charge in [0.15, 0.2) is 11.5 Å². The molecule has 6 heteroatoms. The highest BCUT2D eigenvalue weighted by atomic mass is 16.2. The molecule has 0 bridgehead atoms. The van der Waals surface area contributed by atoms with E-state index in [1.165, 1.54) is 11.1 Å². The second-order valence-corrected chi connectivity index (χ2v) is 5.74. The molecule has 3 rings (SSSR count). The van der Waals surface area contributed by atoms with Gasteiger partial charge in [-0.15, -0.1) is 0 Å².